The van der Waals surface area contributed by atoms with Crippen molar-refractivity contribution < 1.29 is 19.8 Å². The lowest BCUT2D eigenvalue weighted by molar-refractivity contribution is -0.142. The van der Waals surface area contributed by atoms with E-state index >= 15 is 0 Å². The van der Waals surface area contributed by atoms with Gasteiger partial charge in [0.15, 0.2) is 0 Å². The van der Waals surface area contributed by atoms with Gasteiger partial charge in [-0.15, -0.1) is 0 Å². The van der Waals surface area contributed by atoms with Gasteiger partial charge in [0.2, 0.25) is 5.91 Å². The van der Waals surface area contributed by atoms with Gasteiger partial charge in [0.05, 0.1) is 6.42 Å². The van der Waals surface area contributed by atoms with Crippen LogP contribution in [0.15, 0.2) is 0 Å². The molecule has 0 radical (unpaired) electrons. The van der Waals surface area contributed by atoms with Crippen molar-refractivity contribution in [2.45, 2.75) is 33.6 Å². The predicted octanol–water partition coefficient (Wildman–Crippen LogP) is 0.718. The van der Waals surface area contributed by atoms with E-state index in [-0.39, 0.29) is 25.5 Å². The van der Waals surface area contributed by atoms with Gasteiger partial charge in [-0.3, -0.25) is 9.59 Å². The summed E-state index contributed by atoms with van der Waals surface area (Å²) in [5, 5.41) is 17.3. The summed E-state index contributed by atoms with van der Waals surface area (Å²) < 4.78 is 0. The van der Waals surface area contributed by atoms with Crippen molar-refractivity contribution in [3.63, 3.8) is 0 Å². The molecule has 0 unspecified atom stereocenters. The lowest BCUT2D eigenvalue weighted by Gasteiger charge is -2.29. The molecule has 0 aliphatic rings. The Hall–Kier alpha value is -1.10. The number of hydrogen-bond acceptors (Lipinski definition) is 3. The number of carboxylic acid groups (broad SMARTS) is 1. The molecule has 1 amide bonds. The Balaban J connectivity index is 4.41. The summed E-state index contributed by atoms with van der Waals surface area (Å²) in [6, 6.07) is 0. The third-order valence-corrected chi connectivity index (χ3v) is 2.11. The van der Waals surface area contributed by atoms with E-state index in [2.05, 4.69) is 0 Å². The first-order valence-electron chi connectivity index (χ1n) is 5.41. The number of carboxylic acids is 1. The molecular formula is C11H21NO4. The largest absolute Gasteiger partial charge is 0.481 e. The summed E-state index contributed by atoms with van der Waals surface area (Å²) in [4.78, 5) is 23.9. The molecule has 0 bridgehead atoms. The second-order valence-electron chi connectivity index (χ2n) is 4.76. The number of nitrogens with zero attached hydrogens (tertiary/aromatic N) is 1. The SMILES string of the molecule is CC(C)(C)C(=O)N(CCCO)CCC(=O)O. The number of hydrogen-bond donors (Lipinski definition) is 2. The minimum atomic E-state index is -0.921. The van der Waals surface area contributed by atoms with Crippen LogP contribution < -0.4 is 0 Å². The molecule has 0 fully saturated rings. The maximum atomic E-state index is 11.9. The van der Waals surface area contributed by atoms with Crippen LogP contribution in [0.4, 0.5) is 0 Å². The average Bonchev–Trinajstić information content (AvgIpc) is 2.15. The first kappa shape index (κ1) is 14.9. The molecule has 0 aliphatic carbocycles. The van der Waals surface area contributed by atoms with Gasteiger partial charge in [-0.05, 0) is 6.42 Å². The molecule has 94 valence electrons. The van der Waals surface area contributed by atoms with Crippen LogP contribution in [0.25, 0.3) is 0 Å². The third-order valence-electron chi connectivity index (χ3n) is 2.11. The van der Waals surface area contributed by atoms with E-state index in [9.17, 15) is 9.59 Å². The van der Waals surface area contributed by atoms with Gasteiger partial charge >= 0.3 is 5.97 Å². The van der Waals surface area contributed by atoms with E-state index in [0.717, 1.165) is 0 Å². The summed E-state index contributed by atoms with van der Waals surface area (Å²) in [5.41, 5.74) is -0.520. The zero-order valence-corrected chi connectivity index (χ0v) is 10.2. The molecule has 0 rings (SSSR count). The van der Waals surface area contributed by atoms with E-state index in [1.807, 2.05) is 0 Å². The minimum Gasteiger partial charge on any atom is -0.481 e. The minimum absolute atomic E-state index is 0.000986. The zero-order chi connectivity index (χ0) is 12.8. The Morgan fingerprint density at radius 2 is 1.75 bits per heavy atom. The Kier molecular flexibility index (Phi) is 6.03. The Labute approximate surface area is 96.1 Å². The maximum absolute atomic E-state index is 11.9. The molecule has 0 heterocycles. The first-order chi connectivity index (χ1) is 7.29. The molecule has 5 heteroatoms. The van der Waals surface area contributed by atoms with E-state index in [1.54, 1.807) is 20.8 Å². The van der Waals surface area contributed by atoms with Crippen LogP contribution in [0, 0.1) is 5.41 Å². The van der Waals surface area contributed by atoms with Crippen molar-refractivity contribution in [3.8, 4) is 0 Å². The van der Waals surface area contributed by atoms with Crippen LogP contribution in [0.1, 0.15) is 33.6 Å². The van der Waals surface area contributed by atoms with Crippen molar-refractivity contribution in [1.82, 2.24) is 4.90 Å². The van der Waals surface area contributed by atoms with Gasteiger partial charge < -0.3 is 15.1 Å². The molecule has 0 aliphatic heterocycles. The fraction of sp³-hybridized carbons (Fsp3) is 0.818. The number of amides is 1. The molecule has 0 spiro atoms. The monoisotopic (exact) mass is 231 g/mol. The van der Waals surface area contributed by atoms with E-state index in [4.69, 9.17) is 10.2 Å². The first-order valence-corrected chi connectivity index (χ1v) is 5.41. The number of aliphatic carboxylic acids is 1. The van der Waals surface area contributed by atoms with Gasteiger partial charge in [0.1, 0.15) is 0 Å². The highest BCUT2D eigenvalue weighted by atomic mass is 16.4. The number of rotatable bonds is 6. The van der Waals surface area contributed by atoms with Crippen molar-refractivity contribution in [3.05, 3.63) is 0 Å². The summed E-state index contributed by atoms with van der Waals surface area (Å²) in [6.07, 6.45) is 0.411. The average molecular weight is 231 g/mol. The topological polar surface area (TPSA) is 77.8 Å². The van der Waals surface area contributed by atoms with Gasteiger partial charge in [-0.2, -0.15) is 0 Å². The highest BCUT2D eigenvalue weighted by molar-refractivity contribution is 5.82. The third kappa shape index (κ3) is 5.70. The van der Waals surface area contributed by atoms with Gasteiger partial charge in [0.25, 0.3) is 0 Å². The van der Waals surface area contributed by atoms with Crippen molar-refractivity contribution >= 4 is 11.9 Å². The Morgan fingerprint density at radius 3 is 2.12 bits per heavy atom. The molecule has 5 nitrogen and oxygen atoms in total. The molecule has 0 aromatic heterocycles. The van der Waals surface area contributed by atoms with Crippen molar-refractivity contribution in [1.29, 1.82) is 0 Å². The Morgan fingerprint density at radius 1 is 1.19 bits per heavy atom. The second-order valence-corrected chi connectivity index (χ2v) is 4.76. The normalized spacial score (nSPS) is 11.2. The lowest BCUT2D eigenvalue weighted by Crippen LogP contribution is -2.41. The van der Waals surface area contributed by atoms with Gasteiger partial charge in [-0.25, -0.2) is 0 Å². The van der Waals surface area contributed by atoms with E-state index in [1.165, 1.54) is 4.90 Å². The second kappa shape index (κ2) is 6.48. The summed E-state index contributed by atoms with van der Waals surface area (Å²) in [5.74, 6) is -1.00. The molecule has 0 atom stereocenters. The smallest absolute Gasteiger partial charge is 0.305 e. The summed E-state index contributed by atoms with van der Waals surface area (Å²) in [6.45, 7) is 5.98. The van der Waals surface area contributed by atoms with Crippen LogP contribution in [0.3, 0.4) is 0 Å². The van der Waals surface area contributed by atoms with Crippen molar-refractivity contribution in [2.24, 2.45) is 5.41 Å². The molecular weight excluding hydrogens is 210 g/mol. The molecule has 0 saturated heterocycles. The fourth-order valence-corrected chi connectivity index (χ4v) is 1.28. The quantitative estimate of drug-likeness (QED) is 0.706. The predicted molar refractivity (Wildman–Crippen MR) is 60.0 cm³/mol. The fourth-order valence-electron chi connectivity index (χ4n) is 1.28. The molecule has 16 heavy (non-hydrogen) atoms. The number of aliphatic hydroxyl groups is 1. The highest BCUT2D eigenvalue weighted by Crippen LogP contribution is 2.17. The molecule has 0 aromatic rings. The Bertz CT molecular complexity index is 245. The van der Waals surface area contributed by atoms with Crippen molar-refractivity contribution in [2.75, 3.05) is 19.7 Å². The van der Waals surface area contributed by atoms with Crippen LogP contribution in [-0.2, 0) is 9.59 Å². The van der Waals surface area contributed by atoms with Gasteiger partial charge in [-0.1, -0.05) is 20.8 Å². The highest BCUT2D eigenvalue weighted by Gasteiger charge is 2.26. The molecule has 2 N–H and O–H groups in total. The number of carbonyl (C=O) groups excluding carboxylic acids is 1. The maximum Gasteiger partial charge on any atom is 0.305 e. The van der Waals surface area contributed by atoms with Crippen LogP contribution in [0.5, 0.6) is 0 Å². The molecule has 0 saturated carbocycles. The summed E-state index contributed by atoms with van der Waals surface area (Å²) in [7, 11) is 0. The standard InChI is InChI=1S/C11H21NO4/c1-11(2,3)10(16)12(6-4-8-13)7-5-9(14)15/h13H,4-8H2,1-3H3,(H,14,15). The zero-order valence-electron chi connectivity index (χ0n) is 10.2. The van der Waals surface area contributed by atoms with Crippen LogP contribution >= 0.6 is 0 Å². The summed E-state index contributed by atoms with van der Waals surface area (Å²) >= 11 is 0. The molecule has 0 aromatic carbocycles. The van der Waals surface area contributed by atoms with E-state index < -0.39 is 11.4 Å². The van der Waals surface area contributed by atoms with Crippen LogP contribution in [0.2, 0.25) is 0 Å². The number of aliphatic hydroxyl groups excluding tert-OH is 1. The number of carbonyl (C=O) groups is 2. The van der Waals surface area contributed by atoms with Crippen LogP contribution in [-0.4, -0.2) is 46.7 Å². The van der Waals surface area contributed by atoms with E-state index in [0.29, 0.717) is 13.0 Å². The lowest BCUT2D eigenvalue weighted by atomic mass is 9.94. The van der Waals surface area contributed by atoms with Gasteiger partial charge in [0, 0.05) is 25.1 Å².